The molecule has 0 aliphatic rings. The molecular weight excluding hydrogens is 136 g/mol. The fourth-order valence-corrected chi connectivity index (χ4v) is 1.17. The molecule has 9 heavy (non-hydrogen) atoms. The summed E-state index contributed by atoms with van der Waals surface area (Å²) in [6.07, 6.45) is 0.739. The van der Waals surface area contributed by atoms with E-state index in [-0.39, 0.29) is 11.2 Å². The summed E-state index contributed by atoms with van der Waals surface area (Å²) in [6, 6.07) is 0. The first-order chi connectivity index (χ1) is 3.92. The van der Waals surface area contributed by atoms with Gasteiger partial charge in [0.1, 0.15) is 0 Å². The van der Waals surface area contributed by atoms with Crippen LogP contribution in [0.2, 0.25) is 0 Å². The van der Waals surface area contributed by atoms with E-state index in [1.807, 2.05) is 20.8 Å². The average Bonchev–Trinajstić information content (AvgIpc) is 1.59. The van der Waals surface area contributed by atoms with Crippen LogP contribution in [-0.2, 0) is 11.1 Å². The zero-order chi connectivity index (χ0) is 7.49. The Balaban J connectivity index is 3.39. The third kappa shape index (κ3) is 8.11. The zero-order valence-electron chi connectivity index (χ0n) is 6.14. The van der Waals surface area contributed by atoms with Crippen molar-refractivity contribution >= 4 is 11.1 Å². The van der Waals surface area contributed by atoms with E-state index in [1.54, 1.807) is 0 Å². The smallest absolute Gasteiger partial charge is 0.0107 e. The highest BCUT2D eigenvalue weighted by molar-refractivity contribution is 7.79. The van der Waals surface area contributed by atoms with Gasteiger partial charge >= 0.3 is 0 Å². The lowest BCUT2D eigenvalue weighted by atomic mass is 9.94. The SMILES string of the molecule is CC(C)(C)CCS(=O)[O-]. The molecule has 0 fully saturated rings. The molecule has 0 rings (SSSR count). The quantitative estimate of drug-likeness (QED) is 0.555. The Morgan fingerprint density at radius 3 is 2.00 bits per heavy atom. The molecular formula is C6H13O2S-. The van der Waals surface area contributed by atoms with E-state index in [0.29, 0.717) is 0 Å². The molecule has 1 unspecified atom stereocenters. The van der Waals surface area contributed by atoms with E-state index >= 15 is 0 Å². The highest BCUT2D eigenvalue weighted by Gasteiger charge is 2.08. The van der Waals surface area contributed by atoms with Crippen LogP contribution in [0, 0.1) is 5.41 Å². The largest absolute Gasteiger partial charge is 0.772 e. The molecule has 0 radical (unpaired) electrons. The summed E-state index contributed by atoms with van der Waals surface area (Å²) in [5.74, 6) is 0.281. The molecule has 0 saturated carbocycles. The van der Waals surface area contributed by atoms with Gasteiger partial charge in [-0.1, -0.05) is 31.9 Å². The molecule has 0 heterocycles. The van der Waals surface area contributed by atoms with Crippen LogP contribution in [0.25, 0.3) is 0 Å². The predicted octanol–water partition coefficient (Wildman–Crippen LogP) is 1.30. The van der Waals surface area contributed by atoms with Crippen LogP contribution in [-0.4, -0.2) is 14.5 Å². The van der Waals surface area contributed by atoms with Gasteiger partial charge in [-0.25, -0.2) is 0 Å². The van der Waals surface area contributed by atoms with Crippen LogP contribution in [0.4, 0.5) is 0 Å². The monoisotopic (exact) mass is 149 g/mol. The molecule has 0 aromatic heterocycles. The van der Waals surface area contributed by atoms with Gasteiger partial charge in [0.05, 0.1) is 0 Å². The maximum absolute atomic E-state index is 10.0. The first-order valence-electron chi connectivity index (χ1n) is 2.98. The molecule has 0 aromatic rings. The summed E-state index contributed by atoms with van der Waals surface area (Å²) in [5.41, 5.74) is 0.139. The molecule has 0 bridgehead atoms. The Hall–Kier alpha value is 0.110. The van der Waals surface area contributed by atoms with Gasteiger partial charge in [-0.3, -0.25) is 4.21 Å². The highest BCUT2D eigenvalue weighted by Crippen LogP contribution is 2.17. The van der Waals surface area contributed by atoms with Crippen LogP contribution >= 0.6 is 0 Å². The van der Waals surface area contributed by atoms with Gasteiger partial charge in [0.25, 0.3) is 0 Å². The summed E-state index contributed by atoms with van der Waals surface area (Å²) < 4.78 is 20.1. The normalized spacial score (nSPS) is 15.6. The fourth-order valence-electron chi connectivity index (χ4n) is 0.390. The first kappa shape index (κ1) is 9.11. The molecule has 3 heteroatoms. The minimum atomic E-state index is -1.86. The van der Waals surface area contributed by atoms with Gasteiger partial charge in [0.2, 0.25) is 0 Å². The van der Waals surface area contributed by atoms with Gasteiger partial charge in [0, 0.05) is 5.75 Å². The van der Waals surface area contributed by atoms with Crippen molar-refractivity contribution in [1.82, 2.24) is 0 Å². The van der Waals surface area contributed by atoms with Crippen molar-refractivity contribution < 1.29 is 8.76 Å². The second kappa shape index (κ2) is 3.32. The Bertz CT molecular complexity index is 104. The average molecular weight is 149 g/mol. The summed E-state index contributed by atoms with van der Waals surface area (Å²) >= 11 is -1.86. The lowest BCUT2D eigenvalue weighted by Crippen LogP contribution is -2.09. The number of rotatable bonds is 2. The van der Waals surface area contributed by atoms with Crippen molar-refractivity contribution in [2.24, 2.45) is 5.41 Å². The standard InChI is InChI=1S/C6H14O2S/c1-6(2,3)4-5-9(7)8/h4-5H2,1-3H3,(H,7,8)/p-1. The van der Waals surface area contributed by atoms with E-state index in [1.165, 1.54) is 0 Å². The molecule has 0 aromatic carbocycles. The van der Waals surface area contributed by atoms with Crippen molar-refractivity contribution in [2.75, 3.05) is 5.75 Å². The Morgan fingerprint density at radius 2 is 1.89 bits per heavy atom. The van der Waals surface area contributed by atoms with E-state index in [4.69, 9.17) is 0 Å². The third-order valence-corrected chi connectivity index (χ3v) is 1.56. The molecule has 1 atom stereocenters. The molecule has 2 nitrogen and oxygen atoms in total. The second-order valence-corrected chi connectivity index (χ2v) is 4.33. The minimum absolute atomic E-state index is 0.139. The van der Waals surface area contributed by atoms with E-state index in [0.717, 1.165) is 6.42 Å². The van der Waals surface area contributed by atoms with Crippen molar-refractivity contribution in [3.8, 4) is 0 Å². The van der Waals surface area contributed by atoms with Crippen molar-refractivity contribution in [3.05, 3.63) is 0 Å². The van der Waals surface area contributed by atoms with Crippen molar-refractivity contribution in [1.29, 1.82) is 0 Å². The molecule has 0 N–H and O–H groups in total. The maximum atomic E-state index is 10.0. The maximum Gasteiger partial charge on any atom is 0.0107 e. The second-order valence-electron chi connectivity index (χ2n) is 3.32. The topological polar surface area (TPSA) is 40.1 Å². The van der Waals surface area contributed by atoms with Crippen molar-refractivity contribution in [2.45, 2.75) is 27.2 Å². The lowest BCUT2D eigenvalue weighted by molar-refractivity contribution is 0.394. The molecule has 0 saturated heterocycles. The molecule has 0 aliphatic heterocycles. The zero-order valence-corrected chi connectivity index (χ0v) is 6.96. The first-order valence-corrected chi connectivity index (χ1v) is 4.22. The predicted molar refractivity (Wildman–Crippen MR) is 37.9 cm³/mol. The van der Waals surface area contributed by atoms with Crippen LogP contribution < -0.4 is 0 Å². The van der Waals surface area contributed by atoms with E-state index < -0.39 is 11.1 Å². The molecule has 0 aliphatic carbocycles. The number of hydrogen-bond acceptors (Lipinski definition) is 2. The third-order valence-electron chi connectivity index (χ3n) is 1.02. The van der Waals surface area contributed by atoms with Gasteiger partial charge in [-0.05, 0) is 11.8 Å². The van der Waals surface area contributed by atoms with Crippen LogP contribution in [0.5, 0.6) is 0 Å². The summed E-state index contributed by atoms with van der Waals surface area (Å²) in [5, 5.41) is 0. The van der Waals surface area contributed by atoms with Crippen LogP contribution in [0.15, 0.2) is 0 Å². The Labute approximate surface area is 58.9 Å². The van der Waals surface area contributed by atoms with Gasteiger partial charge in [0.15, 0.2) is 0 Å². The van der Waals surface area contributed by atoms with Gasteiger partial charge < -0.3 is 4.55 Å². The molecule has 0 amide bonds. The molecule has 56 valence electrons. The van der Waals surface area contributed by atoms with Gasteiger partial charge in [-0.2, -0.15) is 0 Å². The van der Waals surface area contributed by atoms with Gasteiger partial charge in [-0.15, -0.1) is 0 Å². The van der Waals surface area contributed by atoms with E-state index in [2.05, 4.69) is 0 Å². The summed E-state index contributed by atoms with van der Waals surface area (Å²) in [4.78, 5) is 0. The van der Waals surface area contributed by atoms with Crippen molar-refractivity contribution in [3.63, 3.8) is 0 Å². The highest BCUT2D eigenvalue weighted by atomic mass is 32.2. The molecule has 0 spiro atoms. The number of hydrogen-bond donors (Lipinski definition) is 0. The summed E-state index contributed by atoms with van der Waals surface area (Å²) in [7, 11) is 0. The minimum Gasteiger partial charge on any atom is -0.772 e. The van der Waals surface area contributed by atoms with Crippen LogP contribution in [0.1, 0.15) is 27.2 Å². The lowest BCUT2D eigenvalue weighted by Gasteiger charge is -2.18. The summed E-state index contributed by atoms with van der Waals surface area (Å²) in [6.45, 7) is 6.08. The fraction of sp³-hybridized carbons (Fsp3) is 1.00. The Kier molecular flexibility index (Phi) is 3.36. The van der Waals surface area contributed by atoms with Crippen LogP contribution in [0.3, 0.4) is 0 Å². The Morgan fingerprint density at radius 1 is 1.44 bits per heavy atom. The van der Waals surface area contributed by atoms with E-state index in [9.17, 15) is 8.76 Å².